The average Bonchev–Trinajstić information content (AvgIpc) is 3.40. The summed E-state index contributed by atoms with van der Waals surface area (Å²) in [6.45, 7) is 5.95. The molecule has 5 rings (SSSR count). The summed E-state index contributed by atoms with van der Waals surface area (Å²) in [4.78, 5) is 29.9. The van der Waals surface area contributed by atoms with Crippen molar-refractivity contribution in [3.8, 4) is 22.9 Å². The molecule has 0 aliphatic carbocycles. The first-order valence-corrected chi connectivity index (χ1v) is 15.9. The van der Waals surface area contributed by atoms with Gasteiger partial charge in [-0.2, -0.15) is 0 Å². The number of phenols is 2. The molecular weight excluding hydrogens is 640 g/mol. The van der Waals surface area contributed by atoms with Crippen molar-refractivity contribution in [2.75, 3.05) is 46.1 Å². The van der Waals surface area contributed by atoms with E-state index in [1.165, 1.54) is 18.2 Å². The van der Waals surface area contributed by atoms with Crippen LogP contribution < -0.4 is 15.4 Å². The third-order valence-electron chi connectivity index (χ3n) is 7.43. The van der Waals surface area contributed by atoms with Gasteiger partial charge in [-0.3, -0.25) is 19.1 Å². The Morgan fingerprint density at radius 1 is 0.938 bits per heavy atom. The molecule has 1 aliphatic heterocycles. The zero-order valence-corrected chi connectivity index (χ0v) is 27.4. The molecule has 4 aromatic rings. The Kier molecular flexibility index (Phi) is 11.6. The van der Waals surface area contributed by atoms with Crippen molar-refractivity contribution >= 4 is 29.1 Å². The number of aryl methyl sites for hydroxylation is 1. The maximum Gasteiger partial charge on any atom is 0.255 e. The summed E-state index contributed by atoms with van der Waals surface area (Å²) in [5.41, 5.74) is 3.10. The minimum atomic E-state index is -0.571. The number of hydrogen-bond donors (Lipinski definition) is 4. The van der Waals surface area contributed by atoms with E-state index in [9.17, 15) is 19.8 Å². The molecular formula is C34H37ClN6O7. The average molecular weight is 677 g/mol. The third-order valence-corrected chi connectivity index (χ3v) is 7.68. The SMILES string of the molecule is CCNC(=O)CC1N=C(c2ccc(Cl)cc2)c2cc(OCCOCCOCCNC(=O)c3cccc(O)c3O)ccc2-n2c(C)nnc21. The fraction of sp³-hybridized carbons (Fsp3) is 0.324. The summed E-state index contributed by atoms with van der Waals surface area (Å²) in [5.74, 6) is 0.386. The molecule has 0 saturated heterocycles. The Morgan fingerprint density at radius 2 is 1.69 bits per heavy atom. The zero-order valence-electron chi connectivity index (χ0n) is 26.6. The van der Waals surface area contributed by atoms with Crippen LogP contribution in [0.25, 0.3) is 5.69 Å². The van der Waals surface area contributed by atoms with Crippen LogP contribution in [-0.4, -0.2) is 88.6 Å². The lowest BCUT2D eigenvalue weighted by Gasteiger charge is -2.15. The van der Waals surface area contributed by atoms with Gasteiger partial charge in [0.05, 0.1) is 49.8 Å². The molecule has 13 nitrogen and oxygen atoms in total. The minimum absolute atomic E-state index is 0.0134. The predicted molar refractivity (Wildman–Crippen MR) is 178 cm³/mol. The van der Waals surface area contributed by atoms with Crippen LogP contribution in [0.2, 0.25) is 5.02 Å². The molecule has 3 aromatic carbocycles. The molecule has 0 fully saturated rings. The molecule has 0 bridgehead atoms. The lowest BCUT2D eigenvalue weighted by atomic mass is 10.00. The normalized spacial score (nSPS) is 13.6. The quantitative estimate of drug-likeness (QED) is 0.108. The van der Waals surface area contributed by atoms with Crippen molar-refractivity contribution in [1.29, 1.82) is 0 Å². The van der Waals surface area contributed by atoms with E-state index in [0.29, 0.717) is 54.5 Å². The number of aromatic nitrogens is 3. The van der Waals surface area contributed by atoms with Gasteiger partial charge in [0.25, 0.3) is 5.91 Å². The van der Waals surface area contributed by atoms with Crippen molar-refractivity contribution < 1.29 is 34.0 Å². The van der Waals surface area contributed by atoms with Gasteiger partial charge in [0.1, 0.15) is 24.2 Å². The van der Waals surface area contributed by atoms with Crippen LogP contribution in [0.3, 0.4) is 0 Å². The van der Waals surface area contributed by atoms with E-state index in [4.69, 9.17) is 30.8 Å². The summed E-state index contributed by atoms with van der Waals surface area (Å²) in [6.07, 6.45) is 0.111. The minimum Gasteiger partial charge on any atom is -0.504 e. The Labute approximate surface area is 282 Å². The number of phenolic OH excluding ortho intramolecular Hbond substituents is 2. The van der Waals surface area contributed by atoms with Crippen molar-refractivity contribution in [3.63, 3.8) is 0 Å². The highest BCUT2D eigenvalue weighted by Crippen LogP contribution is 2.34. The number of aromatic hydroxyl groups is 2. The number of amides is 2. The number of carbonyl (C=O) groups is 2. The number of para-hydroxylation sites is 1. The smallest absolute Gasteiger partial charge is 0.255 e. The number of rotatable bonds is 15. The van der Waals surface area contributed by atoms with Crippen LogP contribution in [0.5, 0.6) is 17.2 Å². The van der Waals surface area contributed by atoms with E-state index < -0.39 is 17.7 Å². The van der Waals surface area contributed by atoms with Crippen LogP contribution in [0.1, 0.15) is 52.5 Å². The van der Waals surface area contributed by atoms with Crippen molar-refractivity contribution in [1.82, 2.24) is 25.4 Å². The third kappa shape index (κ3) is 8.29. The molecule has 2 amide bonds. The van der Waals surface area contributed by atoms with Crippen molar-refractivity contribution in [2.24, 2.45) is 4.99 Å². The lowest BCUT2D eigenvalue weighted by molar-refractivity contribution is -0.121. The first-order chi connectivity index (χ1) is 23.3. The summed E-state index contributed by atoms with van der Waals surface area (Å²) in [6, 6.07) is 16.7. The number of fused-ring (bicyclic) bond motifs is 3. The highest BCUT2D eigenvalue weighted by atomic mass is 35.5. The molecule has 14 heteroatoms. The van der Waals surface area contributed by atoms with Crippen LogP contribution in [-0.2, 0) is 14.3 Å². The van der Waals surface area contributed by atoms with Crippen LogP contribution in [0.15, 0.2) is 65.7 Å². The van der Waals surface area contributed by atoms with Crippen molar-refractivity contribution in [3.05, 3.63) is 94.0 Å². The van der Waals surface area contributed by atoms with E-state index in [1.807, 2.05) is 48.7 Å². The fourth-order valence-corrected chi connectivity index (χ4v) is 5.30. The first kappa shape index (κ1) is 34.4. The second-order valence-corrected chi connectivity index (χ2v) is 11.2. The van der Waals surface area contributed by atoms with Gasteiger partial charge in [-0.25, -0.2) is 0 Å². The van der Waals surface area contributed by atoms with Gasteiger partial charge in [0, 0.05) is 29.2 Å². The molecule has 2 heterocycles. The first-order valence-electron chi connectivity index (χ1n) is 15.5. The Balaban J connectivity index is 1.18. The highest BCUT2D eigenvalue weighted by Gasteiger charge is 2.30. The van der Waals surface area contributed by atoms with Gasteiger partial charge >= 0.3 is 0 Å². The molecule has 4 N–H and O–H groups in total. The second-order valence-electron chi connectivity index (χ2n) is 10.8. The van der Waals surface area contributed by atoms with Crippen molar-refractivity contribution in [2.45, 2.75) is 26.3 Å². The van der Waals surface area contributed by atoms with Crippen LogP contribution in [0.4, 0.5) is 0 Å². The van der Waals surface area contributed by atoms with Gasteiger partial charge < -0.3 is 35.1 Å². The molecule has 0 saturated carbocycles. The summed E-state index contributed by atoms with van der Waals surface area (Å²) < 4.78 is 19.1. The molecule has 0 radical (unpaired) electrons. The maximum atomic E-state index is 12.7. The predicted octanol–water partition coefficient (Wildman–Crippen LogP) is 3.90. The Hall–Kier alpha value is -4.98. The number of ether oxygens (including phenoxy) is 3. The standard InChI is InChI=1S/C34H37ClN6O7/c1-3-36-30(43)20-27-33-40-39-21(2)41(33)28-12-11-24(19-26(28)31(38-27)22-7-9-23(35)10-8-22)48-18-17-47-16-15-46-14-13-37-34(45)25-5-4-6-29(42)32(25)44/h4-12,19,27,42,44H,3,13-18,20H2,1-2H3,(H,36,43)(H,37,45). The van der Waals surface area contributed by atoms with E-state index >= 15 is 0 Å². The number of halogens is 1. The van der Waals surface area contributed by atoms with Gasteiger partial charge in [0.15, 0.2) is 17.3 Å². The fourth-order valence-electron chi connectivity index (χ4n) is 5.17. The molecule has 252 valence electrons. The number of carbonyl (C=O) groups excluding carboxylic acids is 2. The number of nitrogens with one attached hydrogen (secondary N) is 2. The van der Waals surface area contributed by atoms with Gasteiger partial charge in [0.2, 0.25) is 5.91 Å². The monoisotopic (exact) mass is 676 g/mol. The Morgan fingerprint density at radius 3 is 2.46 bits per heavy atom. The Bertz CT molecular complexity index is 1780. The second kappa shape index (κ2) is 16.2. The van der Waals surface area contributed by atoms with E-state index in [-0.39, 0.29) is 43.4 Å². The molecule has 1 atom stereocenters. The van der Waals surface area contributed by atoms with Crippen LogP contribution >= 0.6 is 11.6 Å². The molecule has 48 heavy (non-hydrogen) atoms. The summed E-state index contributed by atoms with van der Waals surface area (Å²) >= 11 is 6.20. The number of hydrogen-bond acceptors (Lipinski definition) is 10. The topological polar surface area (TPSA) is 169 Å². The molecule has 1 unspecified atom stereocenters. The number of aliphatic imine (C=N–C) groups is 1. The largest absolute Gasteiger partial charge is 0.504 e. The zero-order chi connectivity index (χ0) is 34.0. The molecule has 1 aliphatic rings. The molecule has 0 spiro atoms. The van der Waals surface area contributed by atoms with E-state index in [0.717, 1.165) is 16.8 Å². The van der Waals surface area contributed by atoms with Gasteiger partial charge in [-0.15, -0.1) is 10.2 Å². The van der Waals surface area contributed by atoms with E-state index in [1.54, 1.807) is 12.1 Å². The molecule has 1 aromatic heterocycles. The maximum absolute atomic E-state index is 12.7. The number of benzene rings is 3. The highest BCUT2D eigenvalue weighted by molar-refractivity contribution is 6.30. The summed E-state index contributed by atoms with van der Waals surface area (Å²) in [5, 5.41) is 34.1. The number of nitrogens with zero attached hydrogens (tertiary/aromatic N) is 4. The summed E-state index contributed by atoms with van der Waals surface area (Å²) in [7, 11) is 0. The van der Waals surface area contributed by atoms with Gasteiger partial charge in [-0.1, -0.05) is 29.8 Å². The van der Waals surface area contributed by atoms with Gasteiger partial charge in [-0.05, 0) is 56.3 Å². The van der Waals surface area contributed by atoms with E-state index in [2.05, 4.69) is 20.8 Å². The van der Waals surface area contributed by atoms with Crippen LogP contribution in [0, 0.1) is 6.92 Å². The lowest BCUT2D eigenvalue weighted by Crippen LogP contribution is -2.27.